The van der Waals surface area contributed by atoms with Crippen LogP contribution >= 0.6 is 0 Å². The highest BCUT2D eigenvalue weighted by molar-refractivity contribution is 5.92. The number of rotatable bonds is 4. The van der Waals surface area contributed by atoms with Crippen LogP contribution in [-0.4, -0.2) is 70.1 Å². The average Bonchev–Trinajstić information content (AvgIpc) is 3.49. The van der Waals surface area contributed by atoms with Gasteiger partial charge in [0.1, 0.15) is 0 Å². The Labute approximate surface area is 193 Å². The number of hydrogen-bond donors (Lipinski definition) is 0. The molecule has 0 N–H and O–H groups in total. The lowest BCUT2D eigenvalue weighted by Gasteiger charge is -2.31. The number of benzene rings is 2. The third kappa shape index (κ3) is 4.07. The number of hydrogen-bond acceptors (Lipinski definition) is 5. The Morgan fingerprint density at radius 3 is 2.61 bits per heavy atom. The second kappa shape index (κ2) is 8.72. The summed E-state index contributed by atoms with van der Waals surface area (Å²) in [5.74, 6) is -0.0410. The third-order valence-corrected chi connectivity index (χ3v) is 7.22. The van der Waals surface area contributed by atoms with E-state index in [2.05, 4.69) is 57.7 Å². The Morgan fingerprint density at radius 2 is 1.76 bits per heavy atom. The van der Waals surface area contributed by atoms with E-state index in [1.807, 2.05) is 10.9 Å². The van der Waals surface area contributed by atoms with Crippen molar-refractivity contribution in [2.24, 2.45) is 0 Å². The Bertz CT molecular complexity index is 1160. The SMILES string of the molecule is O=C(c1cn(C2CCN(Cc3ccc4c(c3)Cc3ccccc3-4)CC2)nn1)N1CCOCC1. The molecule has 1 aromatic heterocycles. The fourth-order valence-electron chi connectivity index (χ4n) is 5.38. The molecule has 6 rings (SSSR count). The van der Waals surface area contributed by atoms with Gasteiger partial charge < -0.3 is 9.64 Å². The molecule has 3 aromatic rings. The summed E-state index contributed by atoms with van der Waals surface area (Å²) < 4.78 is 7.24. The number of likely N-dealkylation sites (tertiary alicyclic amines) is 1. The summed E-state index contributed by atoms with van der Waals surface area (Å²) in [7, 11) is 0. The molecule has 3 aliphatic rings. The molecule has 0 unspecified atom stereocenters. The summed E-state index contributed by atoms with van der Waals surface area (Å²) in [6.07, 6.45) is 4.91. The molecule has 7 heteroatoms. The van der Waals surface area contributed by atoms with E-state index in [4.69, 9.17) is 4.74 Å². The van der Waals surface area contributed by atoms with Crippen LogP contribution in [0.15, 0.2) is 48.7 Å². The maximum absolute atomic E-state index is 12.7. The molecule has 2 fully saturated rings. The molecule has 0 bridgehead atoms. The Morgan fingerprint density at radius 1 is 0.970 bits per heavy atom. The van der Waals surface area contributed by atoms with Gasteiger partial charge in [0.25, 0.3) is 5.91 Å². The predicted octanol–water partition coefficient (Wildman–Crippen LogP) is 3.16. The first-order valence-corrected chi connectivity index (χ1v) is 12.0. The average molecular weight is 444 g/mol. The smallest absolute Gasteiger partial charge is 0.276 e. The molecular weight excluding hydrogens is 414 g/mol. The van der Waals surface area contributed by atoms with Gasteiger partial charge in [0, 0.05) is 32.7 Å². The lowest BCUT2D eigenvalue weighted by Crippen LogP contribution is -2.40. The molecule has 1 amide bonds. The quantitative estimate of drug-likeness (QED) is 0.485. The van der Waals surface area contributed by atoms with Crippen LogP contribution in [0.5, 0.6) is 0 Å². The largest absolute Gasteiger partial charge is 0.378 e. The van der Waals surface area contributed by atoms with E-state index in [0.717, 1.165) is 38.9 Å². The lowest BCUT2D eigenvalue weighted by atomic mass is 10.0. The molecule has 170 valence electrons. The summed E-state index contributed by atoms with van der Waals surface area (Å²) >= 11 is 0. The second-order valence-corrected chi connectivity index (χ2v) is 9.32. The van der Waals surface area contributed by atoms with Gasteiger partial charge in [-0.1, -0.05) is 47.7 Å². The van der Waals surface area contributed by atoms with Crippen molar-refractivity contribution in [2.45, 2.75) is 31.8 Å². The number of carbonyl (C=O) groups excluding carboxylic acids is 1. The van der Waals surface area contributed by atoms with Crippen LogP contribution in [0.4, 0.5) is 0 Å². The van der Waals surface area contributed by atoms with Crippen LogP contribution in [0.1, 0.15) is 46.1 Å². The van der Waals surface area contributed by atoms with E-state index in [-0.39, 0.29) is 5.91 Å². The molecular formula is C26H29N5O2. The van der Waals surface area contributed by atoms with Crippen molar-refractivity contribution < 1.29 is 9.53 Å². The Hall–Kier alpha value is -3.03. The van der Waals surface area contributed by atoms with Gasteiger partial charge in [-0.05, 0) is 47.1 Å². The van der Waals surface area contributed by atoms with Crippen molar-refractivity contribution >= 4 is 5.91 Å². The molecule has 0 atom stereocenters. The second-order valence-electron chi connectivity index (χ2n) is 9.32. The third-order valence-electron chi connectivity index (χ3n) is 7.22. The minimum Gasteiger partial charge on any atom is -0.378 e. The standard InChI is InChI=1S/C26H29N5O2/c32-26(30-11-13-33-14-12-30)25-18-31(28-27-25)22-7-9-29(10-8-22)17-19-5-6-24-21(15-19)16-20-3-1-2-4-23(20)24/h1-6,15,18,22H,7-14,16-17H2. The first kappa shape index (κ1) is 20.6. The van der Waals surface area contributed by atoms with Gasteiger partial charge in [0.15, 0.2) is 5.69 Å². The first-order valence-electron chi connectivity index (χ1n) is 12.0. The maximum Gasteiger partial charge on any atom is 0.276 e. The van der Waals surface area contributed by atoms with E-state index in [0.29, 0.717) is 38.0 Å². The summed E-state index contributed by atoms with van der Waals surface area (Å²) in [5.41, 5.74) is 7.49. The summed E-state index contributed by atoms with van der Waals surface area (Å²) in [5, 5.41) is 8.46. The van der Waals surface area contributed by atoms with Crippen LogP contribution in [-0.2, 0) is 17.7 Å². The highest BCUT2D eigenvalue weighted by Crippen LogP contribution is 2.37. The van der Waals surface area contributed by atoms with Gasteiger partial charge in [-0.2, -0.15) is 0 Å². The van der Waals surface area contributed by atoms with Crippen molar-refractivity contribution in [1.29, 1.82) is 0 Å². The minimum absolute atomic E-state index is 0.0410. The highest BCUT2D eigenvalue weighted by atomic mass is 16.5. The number of amides is 1. The fraction of sp³-hybridized carbons (Fsp3) is 0.423. The lowest BCUT2D eigenvalue weighted by molar-refractivity contribution is 0.0299. The van der Waals surface area contributed by atoms with Crippen LogP contribution < -0.4 is 0 Å². The zero-order valence-electron chi connectivity index (χ0n) is 18.8. The molecule has 2 saturated heterocycles. The van der Waals surface area contributed by atoms with Crippen molar-refractivity contribution in [2.75, 3.05) is 39.4 Å². The van der Waals surface area contributed by atoms with E-state index >= 15 is 0 Å². The van der Waals surface area contributed by atoms with Gasteiger partial charge >= 0.3 is 0 Å². The Kier molecular flexibility index (Phi) is 5.44. The number of carbonyl (C=O) groups is 1. The van der Waals surface area contributed by atoms with Crippen molar-refractivity contribution in [3.8, 4) is 11.1 Å². The summed E-state index contributed by atoms with van der Waals surface area (Å²) in [6, 6.07) is 16.0. The number of morpholine rings is 1. The van der Waals surface area contributed by atoms with Gasteiger partial charge in [-0.3, -0.25) is 9.69 Å². The monoisotopic (exact) mass is 443 g/mol. The van der Waals surface area contributed by atoms with Crippen molar-refractivity contribution in [3.05, 3.63) is 71.0 Å². The number of aromatic nitrogens is 3. The number of ether oxygens (including phenoxy) is 1. The van der Waals surface area contributed by atoms with Crippen LogP contribution in [0, 0.1) is 0 Å². The van der Waals surface area contributed by atoms with Gasteiger partial charge in [-0.25, -0.2) is 4.68 Å². The summed E-state index contributed by atoms with van der Waals surface area (Å²) in [4.78, 5) is 17.0. The molecule has 0 spiro atoms. The van der Waals surface area contributed by atoms with Crippen LogP contribution in [0.3, 0.4) is 0 Å². The first-order chi connectivity index (χ1) is 16.2. The molecule has 7 nitrogen and oxygen atoms in total. The molecule has 0 radical (unpaired) electrons. The molecule has 3 heterocycles. The van der Waals surface area contributed by atoms with E-state index in [1.165, 1.54) is 27.8 Å². The van der Waals surface area contributed by atoms with Gasteiger partial charge in [0.05, 0.1) is 25.5 Å². The number of nitrogens with zero attached hydrogens (tertiary/aromatic N) is 5. The predicted molar refractivity (Wildman–Crippen MR) is 125 cm³/mol. The normalized spacial score (nSPS) is 18.8. The van der Waals surface area contributed by atoms with E-state index in [1.54, 1.807) is 4.90 Å². The van der Waals surface area contributed by atoms with Crippen molar-refractivity contribution in [1.82, 2.24) is 24.8 Å². The zero-order chi connectivity index (χ0) is 22.2. The van der Waals surface area contributed by atoms with E-state index < -0.39 is 0 Å². The number of piperidine rings is 1. The van der Waals surface area contributed by atoms with E-state index in [9.17, 15) is 4.79 Å². The fourth-order valence-corrected chi connectivity index (χ4v) is 5.38. The zero-order valence-corrected chi connectivity index (χ0v) is 18.8. The van der Waals surface area contributed by atoms with Gasteiger partial charge in [0.2, 0.25) is 0 Å². The van der Waals surface area contributed by atoms with Crippen LogP contribution in [0.2, 0.25) is 0 Å². The maximum atomic E-state index is 12.7. The van der Waals surface area contributed by atoms with Crippen LogP contribution in [0.25, 0.3) is 11.1 Å². The molecule has 1 aliphatic carbocycles. The Balaban J connectivity index is 1.05. The molecule has 2 aromatic carbocycles. The van der Waals surface area contributed by atoms with Gasteiger partial charge in [-0.15, -0.1) is 5.10 Å². The molecule has 2 aliphatic heterocycles. The number of fused-ring (bicyclic) bond motifs is 3. The molecule has 0 saturated carbocycles. The van der Waals surface area contributed by atoms with Crippen molar-refractivity contribution in [3.63, 3.8) is 0 Å². The molecule has 33 heavy (non-hydrogen) atoms. The highest BCUT2D eigenvalue weighted by Gasteiger charge is 2.26. The summed E-state index contributed by atoms with van der Waals surface area (Å²) in [6.45, 7) is 5.46. The topological polar surface area (TPSA) is 63.5 Å². The minimum atomic E-state index is -0.0410.